The van der Waals surface area contributed by atoms with Gasteiger partial charge in [-0.2, -0.15) is 4.57 Å². The first-order valence-corrected chi connectivity index (χ1v) is 9.50. The van der Waals surface area contributed by atoms with E-state index in [-0.39, 0.29) is 17.0 Å². The van der Waals surface area contributed by atoms with Gasteiger partial charge in [0.25, 0.3) is 5.82 Å². The van der Waals surface area contributed by atoms with Crippen LogP contribution in [0.15, 0.2) is 54.7 Å². The van der Waals surface area contributed by atoms with Crippen LogP contribution in [-0.4, -0.2) is 17.8 Å². The molecule has 5 rings (SSSR count). The minimum atomic E-state index is 0. The molecule has 0 saturated carbocycles. The molecular formula is C22H23BrN2O2. The van der Waals surface area contributed by atoms with Gasteiger partial charge in [-0.05, 0) is 49.6 Å². The summed E-state index contributed by atoms with van der Waals surface area (Å²) in [4.78, 5) is 0. The van der Waals surface area contributed by atoms with Gasteiger partial charge in [-0.15, -0.1) is 0 Å². The summed E-state index contributed by atoms with van der Waals surface area (Å²) in [7, 11) is 0. The van der Waals surface area contributed by atoms with Crippen LogP contribution < -0.4 is 31.0 Å². The zero-order valence-corrected chi connectivity index (χ0v) is 16.8. The van der Waals surface area contributed by atoms with E-state index in [0.29, 0.717) is 13.2 Å². The number of imidazole rings is 1. The molecule has 0 saturated heterocycles. The van der Waals surface area contributed by atoms with Crippen LogP contribution in [0.2, 0.25) is 0 Å². The quantitative estimate of drug-likeness (QED) is 0.570. The summed E-state index contributed by atoms with van der Waals surface area (Å²) in [5.74, 6) is 3.07. The highest BCUT2D eigenvalue weighted by molar-refractivity contribution is 5.66. The van der Waals surface area contributed by atoms with Crippen molar-refractivity contribution in [1.29, 1.82) is 0 Å². The molecule has 1 aromatic heterocycles. The standard InChI is InChI=1S/C22H23N2O2.BrH/c1-3-7-18(8-4-1)24-19(16-23-12-6-2-5-9-22(23)24)17-10-11-20-21(15-17)26-14-13-25-20;/h1,3-4,7-8,10-11,15-16H,2,5-6,9,12-14H2;1H/q+1;/p-1. The van der Waals surface area contributed by atoms with Crippen LogP contribution in [0, 0.1) is 0 Å². The van der Waals surface area contributed by atoms with Crippen molar-refractivity contribution in [3.63, 3.8) is 0 Å². The third-order valence-corrected chi connectivity index (χ3v) is 5.26. The predicted octanol–water partition coefficient (Wildman–Crippen LogP) is 0.933. The Morgan fingerprint density at radius 1 is 0.852 bits per heavy atom. The fourth-order valence-corrected chi connectivity index (χ4v) is 4.01. The van der Waals surface area contributed by atoms with Crippen LogP contribution in [0.1, 0.15) is 25.1 Å². The van der Waals surface area contributed by atoms with Crippen LogP contribution in [0.4, 0.5) is 0 Å². The van der Waals surface area contributed by atoms with Crippen molar-refractivity contribution >= 4 is 0 Å². The van der Waals surface area contributed by atoms with Crippen LogP contribution in [-0.2, 0) is 13.0 Å². The molecule has 27 heavy (non-hydrogen) atoms. The molecule has 3 heterocycles. The Balaban J connectivity index is 0.00000180. The summed E-state index contributed by atoms with van der Waals surface area (Å²) in [6.45, 7) is 2.32. The van der Waals surface area contributed by atoms with E-state index in [1.54, 1.807) is 0 Å². The molecule has 0 unspecified atom stereocenters. The maximum atomic E-state index is 5.81. The van der Waals surface area contributed by atoms with E-state index in [9.17, 15) is 0 Å². The number of ether oxygens (including phenoxy) is 2. The number of halogens is 1. The maximum Gasteiger partial charge on any atom is 0.262 e. The van der Waals surface area contributed by atoms with E-state index in [4.69, 9.17) is 9.47 Å². The highest BCUT2D eigenvalue weighted by Gasteiger charge is 2.27. The third-order valence-electron chi connectivity index (χ3n) is 5.26. The molecule has 0 fully saturated rings. The number of benzene rings is 2. The smallest absolute Gasteiger partial charge is 0.262 e. The fraction of sp³-hybridized carbons (Fsp3) is 0.318. The minimum absolute atomic E-state index is 0. The Morgan fingerprint density at radius 3 is 2.52 bits per heavy atom. The van der Waals surface area contributed by atoms with E-state index >= 15 is 0 Å². The van der Waals surface area contributed by atoms with Crippen molar-refractivity contribution in [1.82, 2.24) is 4.57 Å². The zero-order valence-electron chi connectivity index (χ0n) is 15.2. The number of hydrogen-bond donors (Lipinski definition) is 0. The summed E-state index contributed by atoms with van der Waals surface area (Å²) in [6.07, 6.45) is 7.21. The molecule has 5 heteroatoms. The number of aryl methyl sites for hydroxylation is 1. The lowest BCUT2D eigenvalue weighted by Crippen LogP contribution is -3.00. The average Bonchev–Trinajstić information content (AvgIpc) is 2.91. The van der Waals surface area contributed by atoms with Crippen LogP contribution >= 0.6 is 0 Å². The van der Waals surface area contributed by atoms with E-state index in [1.165, 1.54) is 42.0 Å². The molecule has 0 bridgehead atoms. The van der Waals surface area contributed by atoms with Gasteiger partial charge in [0.05, 0.1) is 6.54 Å². The number of nitrogens with zero attached hydrogens (tertiary/aromatic N) is 2. The van der Waals surface area contributed by atoms with Gasteiger partial charge < -0.3 is 26.5 Å². The first kappa shape index (κ1) is 18.1. The van der Waals surface area contributed by atoms with Gasteiger partial charge in [0, 0.05) is 12.0 Å². The van der Waals surface area contributed by atoms with Crippen LogP contribution in [0.25, 0.3) is 16.9 Å². The van der Waals surface area contributed by atoms with Gasteiger partial charge in [0.15, 0.2) is 17.2 Å². The third kappa shape index (κ3) is 3.36. The molecule has 0 atom stereocenters. The van der Waals surface area contributed by atoms with Crippen molar-refractivity contribution in [2.45, 2.75) is 32.2 Å². The minimum Gasteiger partial charge on any atom is -1.00 e. The second-order valence-electron chi connectivity index (χ2n) is 6.96. The summed E-state index contributed by atoms with van der Waals surface area (Å²) in [5.41, 5.74) is 3.59. The summed E-state index contributed by atoms with van der Waals surface area (Å²) < 4.78 is 16.4. The van der Waals surface area contributed by atoms with Crippen molar-refractivity contribution in [3.05, 3.63) is 60.6 Å². The molecule has 2 aromatic carbocycles. The van der Waals surface area contributed by atoms with Gasteiger partial charge in [0.1, 0.15) is 25.1 Å². The molecule has 140 valence electrons. The van der Waals surface area contributed by atoms with E-state index < -0.39 is 0 Å². The first-order chi connectivity index (χ1) is 12.9. The molecule has 2 aliphatic rings. The second-order valence-corrected chi connectivity index (χ2v) is 6.96. The number of rotatable bonds is 2. The molecule has 0 spiro atoms. The molecular weight excluding hydrogens is 404 g/mol. The van der Waals surface area contributed by atoms with Gasteiger partial charge >= 0.3 is 0 Å². The Morgan fingerprint density at radius 2 is 1.67 bits per heavy atom. The van der Waals surface area contributed by atoms with Crippen molar-refractivity contribution in [2.24, 2.45) is 0 Å². The van der Waals surface area contributed by atoms with Gasteiger partial charge in [0.2, 0.25) is 0 Å². The molecule has 3 aromatic rings. The number of hydrogen-bond acceptors (Lipinski definition) is 2. The first-order valence-electron chi connectivity index (χ1n) is 9.50. The lowest BCUT2D eigenvalue weighted by molar-refractivity contribution is -0.702. The van der Waals surface area contributed by atoms with Gasteiger partial charge in [-0.3, -0.25) is 0 Å². The highest BCUT2D eigenvalue weighted by Crippen LogP contribution is 2.35. The number of para-hydroxylation sites is 1. The van der Waals surface area contributed by atoms with E-state index in [1.807, 2.05) is 6.07 Å². The summed E-state index contributed by atoms with van der Waals surface area (Å²) >= 11 is 0. The Labute approximate surface area is 170 Å². The second kappa shape index (κ2) is 7.77. The van der Waals surface area contributed by atoms with Crippen LogP contribution in [0.5, 0.6) is 11.5 Å². The SMILES string of the molecule is [Br-].c1ccc(-n2c(-c3ccc4c(c3)OCCO4)c[n+]3c2CCCCC3)cc1. The molecule has 4 nitrogen and oxygen atoms in total. The fourth-order valence-electron chi connectivity index (χ4n) is 4.01. The van der Waals surface area contributed by atoms with Crippen molar-refractivity contribution in [2.75, 3.05) is 13.2 Å². The summed E-state index contributed by atoms with van der Waals surface area (Å²) in [5, 5.41) is 0. The molecule has 2 aliphatic heterocycles. The predicted molar refractivity (Wildman–Crippen MR) is 99.9 cm³/mol. The van der Waals surface area contributed by atoms with Gasteiger partial charge in [-0.1, -0.05) is 18.2 Å². The Kier molecular flexibility index (Phi) is 5.21. The van der Waals surface area contributed by atoms with E-state index in [0.717, 1.165) is 24.5 Å². The topological polar surface area (TPSA) is 27.3 Å². The van der Waals surface area contributed by atoms with Crippen molar-refractivity contribution < 1.29 is 31.0 Å². The monoisotopic (exact) mass is 426 g/mol. The van der Waals surface area contributed by atoms with Crippen LogP contribution in [0.3, 0.4) is 0 Å². The maximum absolute atomic E-state index is 5.81. The molecule has 0 amide bonds. The Bertz CT molecular complexity index is 937. The van der Waals surface area contributed by atoms with Crippen molar-refractivity contribution in [3.8, 4) is 28.4 Å². The average molecular weight is 427 g/mol. The molecule has 0 N–H and O–H groups in total. The largest absolute Gasteiger partial charge is 1.00 e. The molecule has 0 radical (unpaired) electrons. The number of aromatic nitrogens is 2. The summed E-state index contributed by atoms with van der Waals surface area (Å²) in [6, 6.07) is 16.9. The number of fused-ring (bicyclic) bond motifs is 2. The molecule has 0 aliphatic carbocycles. The zero-order chi connectivity index (χ0) is 17.3. The Hall–Kier alpha value is -2.27. The lowest BCUT2D eigenvalue weighted by Gasteiger charge is -2.18. The van der Waals surface area contributed by atoms with E-state index in [2.05, 4.69) is 57.8 Å². The normalized spacial score (nSPS) is 15.4. The van der Waals surface area contributed by atoms with Gasteiger partial charge in [-0.25, -0.2) is 4.57 Å². The highest BCUT2D eigenvalue weighted by atomic mass is 79.9. The lowest BCUT2D eigenvalue weighted by atomic mass is 10.1.